The molecule has 0 atom stereocenters. The lowest BCUT2D eigenvalue weighted by atomic mass is 10.1. The predicted octanol–water partition coefficient (Wildman–Crippen LogP) is -1.59. The van der Waals surface area contributed by atoms with Gasteiger partial charge in [0.2, 0.25) is 5.78 Å². The van der Waals surface area contributed by atoms with E-state index in [1.807, 2.05) is 0 Å². The summed E-state index contributed by atoms with van der Waals surface area (Å²) in [5, 5.41) is 17.3. The second kappa shape index (κ2) is 2.89. The molecule has 0 aromatic carbocycles. The smallest absolute Gasteiger partial charge is 0.293 e. The highest BCUT2D eigenvalue weighted by Gasteiger charge is 2.40. The molecule has 0 unspecified atom stereocenters. The molecule has 0 aromatic heterocycles. The van der Waals surface area contributed by atoms with Crippen LogP contribution in [0.5, 0.6) is 0 Å². The first-order valence-electron chi connectivity index (χ1n) is 2.81. The van der Waals surface area contributed by atoms with E-state index in [9.17, 15) is 14.4 Å². The van der Waals surface area contributed by atoms with Gasteiger partial charge in [-0.15, -0.1) is 0 Å². The average molecular weight is 160 g/mol. The van der Waals surface area contributed by atoms with Gasteiger partial charge in [-0.2, -0.15) is 0 Å². The van der Waals surface area contributed by atoms with Crippen LogP contribution in [0.2, 0.25) is 0 Å². The number of carbonyl (C=O) groups is 3. The van der Waals surface area contributed by atoms with Crippen molar-refractivity contribution in [3.63, 3.8) is 0 Å². The Bertz CT molecular complexity index is 215. The van der Waals surface area contributed by atoms with Crippen LogP contribution >= 0.6 is 0 Å². The highest BCUT2D eigenvalue weighted by Crippen LogP contribution is 2.02. The van der Waals surface area contributed by atoms with Gasteiger partial charge in [0, 0.05) is 13.8 Å². The molecule has 0 saturated heterocycles. The van der Waals surface area contributed by atoms with Crippen molar-refractivity contribution < 1.29 is 24.6 Å². The van der Waals surface area contributed by atoms with Gasteiger partial charge in [0.05, 0.1) is 0 Å². The molecule has 0 radical (unpaired) electrons. The Morgan fingerprint density at radius 3 is 1.55 bits per heavy atom. The topological polar surface area (TPSA) is 91.7 Å². The monoisotopic (exact) mass is 160 g/mol. The maximum atomic E-state index is 10.5. The second-order valence-corrected chi connectivity index (χ2v) is 2.11. The van der Waals surface area contributed by atoms with E-state index < -0.39 is 23.1 Å². The van der Waals surface area contributed by atoms with Crippen molar-refractivity contribution in [2.75, 3.05) is 0 Å². The van der Waals surface area contributed by atoms with Gasteiger partial charge >= 0.3 is 0 Å². The first kappa shape index (κ1) is 9.93. The lowest BCUT2D eigenvalue weighted by Crippen LogP contribution is -2.48. The van der Waals surface area contributed by atoms with Crippen LogP contribution < -0.4 is 0 Å². The van der Waals surface area contributed by atoms with Gasteiger partial charge < -0.3 is 10.2 Å². The van der Waals surface area contributed by atoms with Crippen molar-refractivity contribution in [1.82, 2.24) is 0 Å². The summed E-state index contributed by atoms with van der Waals surface area (Å²) < 4.78 is 0. The van der Waals surface area contributed by atoms with E-state index in [1.165, 1.54) is 0 Å². The molecule has 0 spiro atoms. The number of aliphatic hydroxyl groups is 2. The van der Waals surface area contributed by atoms with Crippen LogP contribution in [0.1, 0.15) is 13.8 Å². The second-order valence-electron chi connectivity index (χ2n) is 2.11. The van der Waals surface area contributed by atoms with Gasteiger partial charge in [-0.1, -0.05) is 0 Å². The van der Waals surface area contributed by atoms with Crippen molar-refractivity contribution in [2.24, 2.45) is 0 Å². The van der Waals surface area contributed by atoms with Gasteiger partial charge in [0.1, 0.15) is 0 Å². The molecule has 5 nitrogen and oxygen atoms in total. The van der Waals surface area contributed by atoms with E-state index in [1.54, 1.807) is 0 Å². The average Bonchev–Trinajstić information content (AvgIpc) is 1.85. The van der Waals surface area contributed by atoms with Gasteiger partial charge in [0.25, 0.3) is 11.6 Å². The molecule has 2 N–H and O–H groups in total. The maximum Gasteiger partial charge on any atom is 0.293 e. The van der Waals surface area contributed by atoms with Crippen LogP contribution in [0, 0.1) is 0 Å². The van der Waals surface area contributed by atoms with Gasteiger partial charge in [-0.05, 0) is 0 Å². The third-order valence-corrected chi connectivity index (χ3v) is 1.13. The predicted molar refractivity (Wildman–Crippen MR) is 33.5 cm³/mol. The van der Waals surface area contributed by atoms with Crippen LogP contribution in [0.15, 0.2) is 0 Å². The minimum Gasteiger partial charge on any atom is -0.353 e. The maximum absolute atomic E-state index is 10.5. The highest BCUT2D eigenvalue weighted by atomic mass is 16.5. The largest absolute Gasteiger partial charge is 0.353 e. The summed E-state index contributed by atoms with van der Waals surface area (Å²) in [6, 6.07) is 0. The van der Waals surface area contributed by atoms with Crippen LogP contribution in [0.4, 0.5) is 0 Å². The molecule has 5 heteroatoms. The van der Waals surface area contributed by atoms with E-state index >= 15 is 0 Å². The number of Topliss-reactive ketones (excluding diaryl/α,β-unsaturated/α-hetero) is 3. The van der Waals surface area contributed by atoms with Gasteiger partial charge in [0.15, 0.2) is 5.78 Å². The third-order valence-electron chi connectivity index (χ3n) is 1.13. The van der Waals surface area contributed by atoms with Crippen molar-refractivity contribution in [3.8, 4) is 0 Å². The quantitative estimate of drug-likeness (QED) is 0.295. The Morgan fingerprint density at radius 2 is 1.45 bits per heavy atom. The summed E-state index contributed by atoms with van der Waals surface area (Å²) in [5.41, 5.74) is 0. The fourth-order valence-corrected chi connectivity index (χ4v) is 0.405. The molecule has 62 valence electrons. The molecule has 0 saturated carbocycles. The van der Waals surface area contributed by atoms with Crippen molar-refractivity contribution >= 4 is 17.3 Å². The van der Waals surface area contributed by atoms with E-state index in [0.29, 0.717) is 0 Å². The zero-order valence-electron chi connectivity index (χ0n) is 6.12. The van der Waals surface area contributed by atoms with Crippen LogP contribution in [-0.2, 0) is 14.4 Å². The zero-order valence-corrected chi connectivity index (χ0v) is 6.12. The first-order valence-corrected chi connectivity index (χ1v) is 2.81. The Kier molecular flexibility index (Phi) is 2.61. The van der Waals surface area contributed by atoms with Crippen LogP contribution in [0.3, 0.4) is 0 Å². The summed E-state index contributed by atoms with van der Waals surface area (Å²) in [6.07, 6.45) is 0. The molecule has 0 bridgehead atoms. The lowest BCUT2D eigenvalue weighted by Gasteiger charge is -2.13. The normalized spacial score (nSPS) is 10.9. The molecule has 11 heavy (non-hydrogen) atoms. The lowest BCUT2D eigenvalue weighted by molar-refractivity contribution is -0.188. The van der Waals surface area contributed by atoms with Crippen LogP contribution in [-0.4, -0.2) is 33.3 Å². The Hall–Kier alpha value is -1.07. The first-order chi connectivity index (χ1) is 4.80. The number of hydrogen-bond donors (Lipinski definition) is 2. The molecule has 0 amide bonds. The van der Waals surface area contributed by atoms with E-state index in [2.05, 4.69) is 0 Å². The molecule has 0 heterocycles. The zero-order chi connectivity index (χ0) is 9.23. The summed E-state index contributed by atoms with van der Waals surface area (Å²) >= 11 is 0. The van der Waals surface area contributed by atoms with E-state index in [-0.39, 0.29) is 0 Å². The van der Waals surface area contributed by atoms with Gasteiger partial charge in [-0.25, -0.2) is 0 Å². The number of carbonyl (C=O) groups excluding carboxylic acids is 3. The van der Waals surface area contributed by atoms with Crippen molar-refractivity contribution in [2.45, 2.75) is 19.6 Å². The minimum absolute atomic E-state index is 0.806. The summed E-state index contributed by atoms with van der Waals surface area (Å²) in [7, 11) is 0. The summed E-state index contributed by atoms with van der Waals surface area (Å²) in [4.78, 5) is 31.1. The molecular weight excluding hydrogens is 152 g/mol. The Balaban J connectivity index is 4.70. The van der Waals surface area contributed by atoms with E-state index in [0.717, 1.165) is 13.8 Å². The summed E-state index contributed by atoms with van der Waals surface area (Å²) in [6.45, 7) is 1.66. The molecule has 0 fully saturated rings. The van der Waals surface area contributed by atoms with Gasteiger partial charge in [-0.3, -0.25) is 14.4 Å². The SMILES string of the molecule is CC(=O)C(=O)C(O)(O)C(C)=O. The van der Waals surface area contributed by atoms with Crippen molar-refractivity contribution in [1.29, 1.82) is 0 Å². The van der Waals surface area contributed by atoms with Crippen LogP contribution in [0.25, 0.3) is 0 Å². The van der Waals surface area contributed by atoms with Crippen molar-refractivity contribution in [3.05, 3.63) is 0 Å². The standard InChI is InChI=1S/C6H8O5/c1-3(7)5(9)6(10,11)4(2)8/h10-11H,1-2H3. The highest BCUT2D eigenvalue weighted by molar-refractivity contribution is 6.43. The molecule has 0 rings (SSSR count). The molecule has 0 aliphatic heterocycles. The number of rotatable bonds is 3. The number of ketones is 3. The Labute approximate surface area is 62.6 Å². The Morgan fingerprint density at radius 1 is 1.09 bits per heavy atom. The number of hydrogen-bond acceptors (Lipinski definition) is 5. The fourth-order valence-electron chi connectivity index (χ4n) is 0.405. The minimum atomic E-state index is -3.15. The van der Waals surface area contributed by atoms with E-state index in [4.69, 9.17) is 10.2 Å². The molecular formula is C6H8O5. The molecule has 0 aliphatic rings. The summed E-state index contributed by atoms with van der Waals surface area (Å²) in [5.74, 6) is -6.89. The fraction of sp³-hybridized carbons (Fsp3) is 0.500. The molecule has 0 aliphatic carbocycles. The molecule has 0 aromatic rings. The third kappa shape index (κ3) is 1.92.